The van der Waals surface area contributed by atoms with E-state index >= 15 is 0 Å². The molecular weight excluding hydrogens is 212 g/mol. The fraction of sp³-hybridized carbons (Fsp3) is 0.214. The van der Waals surface area contributed by atoms with Crippen molar-refractivity contribution in [3.05, 3.63) is 53.9 Å². The Kier molecular flexibility index (Phi) is 3.28. The molecule has 2 rings (SSSR count). The average Bonchev–Trinajstić information content (AvgIpc) is 2.32. The SMILES string of the molecule is Cc1ncccc1NC(C)c1ccccc1O. The molecule has 0 aliphatic rings. The summed E-state index contributed by atoms with van der Waals surface area (Å²) in [6.45, 7) is 3.97. The minimum atomic E-state index is 0.0408. The van der Waals surface area contributed by atoms with Crippen molar-refractivity contribution in [2.24, 2.45) is 0 Å². The highest BCUT2D eigenvalue weighted by atomic mass is 16.3. The molecule has 0 fully saturated rings. The van der Waals surface area contributed by atoms with Gasteiger partial charge in [0.1, 0.15) is 5.75 Å². The van der Waals surface area contributed by atoms with Gasteiger partial charge < -0.3 is 10.4 Å². The number of hydrogen-bond donors (Lipinski definition) is 2. The third kappa shape index (κ3) is 2.56. The van der Waals surface area contributed by atoms with Crippen LogP contribution in [0.15, 0.2) is 42.6 Å². The molecule has 0 aliphatic heterocycles. The van der Waals surface area contributed by atoms with Gasteiger partial charge in [0.05, 0.1) is 17.4 Å². The Balaban J connectivity index is 2.20. The van der Waals surface area contributed by atoms with E-state index in [2.05, 4.69) is 10.3 Å². The summed E-state index contributed by atoms with van der Waals surface area (Å²) in [7, 11) is 0. The highest BCUT2D eigenvalue weighted by Gasteiger charge is 2.10. The van der Waals surface area contributed by atoms with E-state index in [4.69, 9.17) is 0 Å². The molecule has 0 amide bonds. The Morgan fingerprint density at radius 2 is 1.94 bits per heavy atom. The van der Waals surface area contributed by atoms with Crippen LogP contribution in [0.25, 0.3) is 0 Å². The lowest BCUT2D eigenvalue weighted by Crippen LogP contribution is -2.08. The number of pyridine rings is 1. The van der Waals surface area contributed by atoms with E-state index in [-0.39, 0.29) is 6.04 Å². The molecule has 1 unspecified atom stereocenters. The number of benzene rings is 1. The molecule has 1 heterocycles. The molecule has 88 valence electrons. The van der Waals surface area contributed by atoms with Crippen LogP contribution in [0.1, 0.15) is 24.2 Å². The molecule has 0 radical (unpaired) electrons. The van der Waals surface area contributed by atoms with E-state index in [1.807, 2.05) is 44.2 Å². The summed E-state index contributed by atoms with van der Waals surface area (Å²) in [4.78, 5) is 4.22. The molecule has 1 aromatic carbocycles. The van der Waals surface area contributed by atoms with Crippen LogP contribution in [0.2, 0.25) is 0 Å². The molecule has 3 heteroatoms. The average molecular weight is 228 g/mol. The van der Waals surface area contributed by atoms with Gasteiger partial charge in [0.2, 0.25) is 0 Å². The predicted octanol–water partition coefficient (Wildman–Crippen LogP) is 3.27. The Bertz CT molecular complexity index is 511. The highest BCUT2D eigenvalue weighted by molar-refractivity contribution is 5.50. The van der Waals surface area contributed by atoms with Crippen LogP contribution in [-0.4, -0.2) is 10.1 Å². The summed E-state index contributed by atoms with van der Waals surface area (Å²) in [5, 5.41) is 13.1. The molecular formula is C14H16N2O. The largest absolute Gasteiger partial charge is 0.508 e. The second-order valence-electron chi connectivity index (χ2n) is 4.06. The zero-order chi connectivity index (χ0) is 12.3. The molecule has 2 N–H and O–H groups in total. The number of aryl methyl sites for hydroxylation is 1. The van der Waals surface area contributed by atoms with Crippen molar-refractivity contribution in [1.82, 2.24) is 4.98 Å². The third-order valence-corrected chi connectivity index (χ3v) is 2.78. The van der Waals surface area contributed by atoms with E-state index in [0.717, 1.165) is 16.9 Å². The van der Waals surface area contributed by atoms with Crippen molar-refractivity contribution in [2.75, 3.05) is 5.32 Å². The molecule has 0 aliphatic carbocycles. The Hall–Kier alpha value is -2.03. The van der Waals surface area contributed by atoms with E-state index in [1.54, 1.807) is 12.3 Å². The first kappa shape index (κ1) is 11.5. The number of anilines is 1. The second-order valence-corrected chi connectivity index (χ2v) is 4.06. The maximum Gasteiger partial charge on any atom is 0.120 e. The van der Waals surface area contributed by atoms with Crippen molar-refractivity contribution in [3.63, 3.8) is 0 Å². The first-order chi connectivity index (χ1) is 8.18. The van der Waals surface area contributed by atoms with Gasteiger partial charge >= 0.3 is 0 Å². The number of rotatable bonds is 3. The molecule has 0 spiro atoms. The molecule has 0 bridgehead atoms. The van der Waals surface area contributed by atoms with Crippen molar-refractivity contribution in [1.29, 1.82) is 0 Å². The number of phenolic OH excluding ortho intramolecular Hbond substituents is 1. The first-order valence-corrected chi connectivity index (χ1v) is 5.64. The van der Waals surface area contributed by atoms with Crippen molar-refractivity contribution >= 4 is 5.69 Å². The summed E-state index contributed by atoms with van der Waals surface area (Å²) in [6.07, 6.45) is 1.77. The minimum absolute atomic E-state index is 0.0408. The van der Waals surface area contributed by atoms with Gasteiger partial charge in [0.15, 0.2) is 0 Å². The Labute approximate surface area is 101 Å². The first-order valence-electron chi connectivity index (χ1n) is 5.64. The number of aromatic nitrogens is 1. The second kappa shape index (κ2) is 4.87. The zero-order valence-corrected chi connectivity index (χ0v) is 10.0. The van der Waals surface area contributed by atoms with Crippen LogP contribution in [0.5, 0.6) is 5.75 Å². The fourth-order valence-corrected chi connectivity index (χ4v) is 1.80. The van der Waals surface area contributed by atoms with Crippen LogP contribution < -0.4 is 5.32 Å². The number of para-hydroxylation sites is 1. The number of aromatic hydroxyl groups is 1. The lowest BCUT2D eigenvalue weighted by Gasteiger charge is -2.17. The molecule has 3 nitrogen and oxygen atoms in total. The number of hydrogen-bond acceptors (Lipinski definition) is 3. The quantitative estimate of drug-likeness (QED) is 0.847. The molecule has 0 saturated carbocycles. The standard InChI is InChI=1S/C14H16N2O/c1-10(12-6-3-4-8-14(12)17)16-13-7-5-9-15-11(13)2/h3-10,16-17H,1-2H3. The van der Waals surface area contributed by atoms with Crippen molar-refractivity contribution in [3.8, 4) is 5.75 Å². The number of nitrogens with zero attached hydrogens (tertiary/aromatic N) is 1. The van der Waals surface area contributed by atoms with E-state index < -0.39 is 0 Å². The van der Waals surface area contributed by atoms with Gasteiger partial charge in [-0.05, 0) is 32.0 Å². The number of phenols is 1. The fourth-order valence-electron chi connectivity index (χ4n) is 1.80. The van der Waals surface area contributed by atoms with Gasteiger partial charge in [0, 0.05) is 11.8 Å². The predicted molar refractivity (Wildman–Crippen MR) is 69.1 cm³/mol. The van der Waals surface area contributed by atoms with Crippen LogP contribution in [-0.2, 0) is 0 Å². The molecule has 1 atom stereocenters. The lowest BCUT2D eigenvalue weighted by molar-refractivity contribution is 0.465. The van der Waals surface area contributed by atoms with Gasteiger partial charge in [-0.2, -0.15) is 0 Å². The lowest BCUT2D eigenvalue weighted by atomic mass is 10.1. The van der Waals surface area contributed by atoms with E-state index in [0.29, 0.717) is 5.75 Å². The van der Waals surface area contributed by atoms with Crippen LogP contribution in [0.3, 0.4) is 0 Å². The summed E-state index contributed by atoms with van der Waals surface area (Å²) >= 11 is 0. The zero-order valence-electron chi connectivity index (χ0n) is 10.0. The van der Waals surface area contributed by atoms with E-state index in [1.165, 1.54) is 0 Å². The topological polar surface area (TPSA) is 45.2 Å². The smallest absolute Gasteiger partial charge is 0.120 e. The van der Waals surface area contributed by atoms with Gasteiger partial charge in [-0.15, -0.1) is 0 Å². The number of nitrogens with one attached hydrogen (secondary N) is 1. The Morgan fingerprint density at radius 1 is 1.18 bits per heavy atom. The van der Waals surface area contributed by atoms with Gasteiger partial charge in [-0.1, -0.05) is 18.2 Å². The monoisotopic (exact) mass is 228 g/mol. The van der Waals surface area contributed by atoms with Crippen LogP contribution in [0.4, 0.5) is 5.69 Å². The van der Waals surface area contributed by atoms with Crippen molar-refractivity contribution < 1.29 is 5.11 Å². The normalized spacial score (nSPS) is 12.1. The summed E-state index contributed by atoms with van der Waals surface area (Å²) in [6, 6.07) is 11.3. The van der Waals surface area contributed by atoms with Crippen LogP contribution >= 0.6 is 0 Å². The minimum Gasteiger partial charge on any atom is -0.508 e. The maximum absolute atomic E-state index is 9.77. The molecule has 1 aromatic heterocycles. The highest BCUT2D eigenvalue weighted by Crippen LogP contribution is 2.26. The Morgan fingerprint density at radius 3 is 2.65 bits per heavy atom. The molecule has 17 heavy (non-hydrogen) atoms. The maximum atomic E-state index is 9.77. The summed E-state index contributed by atoms with van der Waals surface area (Å²) in [5.74, 6) is 0.314. The van der Waals surface area contributed by atoms with Gasteiger partial charge in [0.25, 0.3) is 0 Å². The summed E-state index contributed by atoms with van der Waals surface area (Å²) in [5.41, 5.74) is 2.83. The molecule has 2 aromatic rings. The van der Waals surface area contributed by atoms with E-state index in [9.17, 15) is 5.11 Å². The van der Waals surface area contributed by atoms with Crippen LogP contribution in [0, 0.1) is 6.92 Å². The summed E-state index contributed by atoms with van der Waals surface area (Å²) < 4.78 is 0. The van der Waals surface area contributed by atoms with Gasteiger partial charge in [-0.3, -0.25) is 4.98 Å². The molecule has 0 saturated heterocycles. The van der Waals surface area contributed by atoms with Gasteiger partial charge in [-0.25, -0.2) is 0 Å². The van der Waals surface area contributed by atoms with Crippen molar-refractivity contribution in [2.45, 2.75) is 19.9 Å². The third-order valence-electron chi connectivity index (χ3n) is 2.78.